The summed E-state index contributed by atoms with van der Waals surface area (Å²) in [6.07, 6.45) is 12.2. The third-order valence-electron chi connectivity index (χ3n) is 5.32. The quantitative estimate of drug-likeness (QED) is 0.489. The Morgan fingerprint density at radius 3 is 2.46 bits per heavy atom. The summed E-state index contributed by atoms with van der Waals surface area (Å²) in [6.45, 7) is 3.77. The Balaban J connectivity index is 1.74. The second-order valence-electron chi connectivity index (χ2n) is 7.17. The van der Waals surface area contributed by atoms with Gasteiger partial charge in [0.1, 0.15) is 11.6 Å². The molecule has 0 aromatic heterocycles. The topological polar surface area (TPSA) is 0 Å². The molecule has 0 radical (unpaired) electrons. The fourth-order valence-corrected chi connectivity index (χ4v) is 3.62. The van der Waals surface area contributed by atoms with Gasteiger partial charge in [-0.05, 0) is 86.3 Å². The average molecular weight is 352 g/mol. The summed E-state index contributed by atoms with van der Waals surface area (Å²) in [4.78, 5) is 0. The van der Waals surface area contributed by atoms with Gasteiger partial charge in [0.25, 0.3) is 0 Å². The van der Waals surface area contributed by atoms with E-state index in [1.807, 2.05) is 6.07 Å². The number of aryl methyl sites for hydroxylation is 1. The summed E-state index contributed by atoms with van der Waals surface area (Å²) in [5, 5.41) is 0. The molecular weight excluding hydrogens is 326 g/mol. The molecule has 3 rings (SSSR count). The van der Waals surface area contributed by atoms with Crippen LogP contribution in [0, 0.1) is 24.5 Å². The number of benzene rings is 2. The highest BCUT2D eigenvalue weighted by Gasteiger charge is 2.16. The van der Waals surface area contributed by atoms with Crippen LogP contribution in [0.1, 0.15) is 50.2 Å². The zero-order valence-electron chi connectivity index (χ0n) is 15.6. The van der Waals surface area contributed by atoms with Gasteiger partial charge in [-0.15, -0.1) is 0 Å². The van der Waals surface area contributed by atoms with Crippen LogP contribution in [0.25, 0.3) is 16.7 Å². The Kier molecular flexibility index (Phi) is 6.03. The maximum Gasteiger partial charge on any atom is 0.131 e. The molecule has 2 heteroatoms. The molecule has 0 aliphatic heterocycles. The van der Waals surface area contributed by atoms with Crippen LogP contribution < -0.4 is 0 Å². The van der Waals surface area contributed by atoms with E-state index in [0.717, 1.165) is 37.2 Å². The van der Waals surface area contributed by atoms with Crippen molar-refractivity contribution >= 4 is 5.57 Å². The summed E-state index contributed by atoms with van der Waals surface area (Å²) < 4.78 is 28.4. The molecule has 0 saturated carbocycles. The minimum absolute atomic E-state index is 0.290. The van der Waals surface area contributed by atoms with Crippen molar-refractivity contribution in [3.63, 3.8) is 0 Å². The summed E-state index contributed by atoms with van der Waals surface area (Å²) in [7, 11) is 0. The maximum atomic E-state index is 14.6. The molecule has 0 saturated heterocycles. The van der Waals surface area contributed by atoms with Crippen molar-refractivity contribution < 1.29 is 8.78 Å². The van der Waals surface area contributed by atoms with Crippen molar-refractivity contribution in [2.24, 2.45) is 5.92 Å². The zero-order chi connectivity index (χ0) is 18.5. The second kappa shape index (κ2) is 8.44. The standard InChI is InChI=1S/C24H26F2/c1-3-4-5-6-18-8-11-19(12-9-18)20-13-14-22(24(26)15-20)21-10-7-17(2)23(25)16-21/h3-4,7,10-11,13-16,18H,5-6,8-9,12H2,1-2H3. The molecule has 0 heterocycles. The Labute approximate surface area is 155 Å². The van der Waals surface area contributed by atoms with E-state index >= 15 is 0 Å². The normalized spacial score (nSPS) is 17.5. The molecule has 0 nitrogen and oxygen atoms in total. The molecule has 1 aliphatic carbocycles. The fraction of sp³-hybridized carbons (Fsp3) is 0.333. The molecule has 26 heavy (non-hydrogen) atoms. The van der Waals surface area contributed by atoms with E-state index in [0.29, 0.717) is 16.7 Å². The fourth-order valence-electron chi connectivity index (χ4n) is 3.62. The molecule has 0 amide bonds. The van der Waals surface area contributed by atoms with Crippen LogP contribution in [0.3, 0.4) is 0 Å². The van der Waals surface area contributed by atoms with E-state index < -0.39 is 0 Å². The van der Waals surface area contributed by atoms with Crippen LogP contribution in [0.5, 0.6) is 0 Å². The van der Waals surface area contributed by atoms with Gasteiger partial charge in [-0.2, -0.15) is 0 Å². The van der Waals surface area contributed by atoms with Crippen molar-refractivity contribution in [2.75, 3.05) is 0 Å². The van der Waals surface area contributed by atoms with Crippen molar-refractivity contribution in [2.45, 2.75) is 46.0 Å². The van der Waals surface area contributed by atoms with Crippen molar-refractivity contribution in [1.82, 2.24) is 0 Å². The van der Waals surface area contributed by atoms with Crippen molar-refractivity contribution in [1.29, 1.82) is 0 Å². The number of hydrogen-bond donors (Lipinski definition) is 0. The number of rotatable bonds is 5. The van der Waals surface area contributed by atoms with E-state index in [2.05, 4.69) is 25.2 Å². The van der Waals surface area contributed by atoms with Gasteiger partial charge in [-0.3, -0.25) is 0 Å². The van der Waals surface area contributed by atoms with Gasteiger partial charge in [0.15, 0.2) is 0 Å². The SMILES string of the molecule is CC=CCCC1CC=C(c2ccc(-c3ccc(C)c(F)c3)c(F)c2)CC1. The first kappa shape index (κ1) is 18.6. The third-order valence-corrected chi connectivity index (χ3v) is 5.32. The van der Waals surface area contributed by atoms with E-state index in [-0.39, 0.29) is 11.6 Å². The summed E-state index contributed by atoms with van der Waals surface area (Å²) in [6, 6.07) is 10.2. The van der Waals surface area contributed by atoms with E-state index in [1.54, 1.807) is 31.2 Å². The molecular formula is C24H26F2. The monoisotopic (exact) mass is 352 g/mol. The van der Waals surface area contributed by atoms with E-state index in [4.69, 9.17) is 0 Å². The molecule has 1 aliphatic rings. The van der Waals surface area contributed by atoms with Gasteiger partial charge in [-0.1, -0.05) is 42.5 Å². The number of allylic oxidation sites excluding steroid dienone is 4. The first-order valence-electron chi connectivity index (χ1n) is 9.45. The minimum Gasteiger partial charge on any atom is -0.207 e. The average Bonchev–Trinajstić information content (AvgIpc) is 2.65. The van der Waals surface area contributed by atoms with E-state index in [1.165, 1.54) is 18.1 Å². The largest absolute Gasteiger partial charge is 0.207 e. The molecule has 2 aromatic carbocycles. The number of hydrogen-bond acceptors (Lipinski definition) is 0. The molecule has 0 bridgehead atoms. The molecule has 136 valence electrons. The Morgan fingerprint density at radius 1 is 1.04 bits per heavy atom. The Morgan fingerprint density at radius 2 is 1.81 bits per heavy atom. The summed E-state index contributed by atoms with van der Waals surface area (Å²) >= 11 is 0. The van der Waals surface area contributed by atoms with Crippen LogP contribution in [0.2, 0.25) is 0 Å². The van der Waals surface area contributed by atoms with Gasteiger partial charge in [-0.25, -0.2) is 8.78 Å². The van der Waals surface area contributed by atoms with Crippen LogP contribution in [0.4, 0.5) is 8.78 Å². The van der Waals surface area contributed by atoms with Gasteiger partial charge in [0.05, 0.1) is 0 Å². The highest BCUT2D eigenvalue weighted by molar-refractivity contribution is 5.71. The summed E-state index contributed by atoms with van der Waals surface area (Å²) in [5.74, 6) is 0.140. The predicted molar refractivity (Wildman–Crippen MR) is 106 cm³/mol. The molecule has 1 unspecified atom stereocenters. The van der Waals surface area contributed by atoms with Gasteiger partial charge in [0, 0.05) is 5.56 Å². The van der Waals surface area contributed by atoms with Crippen LogP contribution in [-0.4, -0.2) is 0 Å². The third kappa shape index (κ3) is 4.30. The Hall–Kier alpha value is -2.22. The smallest absolute Gasteiger partial charge is 0.131 e. The second-order valence-corrected chi connectivity index (χ2v) is 7.17. The molecule has 0 spiro atoms. The summed E-state index contributed by atoms with van der Waals surface area (Å²) in [5.41, 5.74) is 3.78. The number of halogens is 2. The lowest BCUT2D eigenvalue weighted by atomic mass is 9.84. The highest BCUT2D eigenvalue weighted by atomic mass is 19.1. The molecule has 2 aromatic rings. The molecule has 0 N–H and O–H groups in total. The lowest BCUT2D eigenvalue weighted by Gasteiger charge is -2.22. The Bertz CT molecular complexity index is 830. The molecule has 0 fully saturated rings. The van der Waals surface area contributed by atoms with Crippen LogP contribution in [0.15, 0.2) is 54.6 Å². The van der Waals surface area contributed by atoms with Gasteiger partial charge >= 0.3 is 0 Å². The van der Waals surface area contributed by atoms with Crippen molar-refractivity contribution in [3.8, 4) is 11.1 Å². The highest BCUT2D eigenvalue weighted by Crippen LogP contribution is 2.34. The zero-order valence-corrected chi connectivity index (χ0v) is 15.6. The lowest BCUT2D eigenvalue weighted by Crippen LogP contribution is -2.05. The van der Waals surface area contributed by atoms with Gasteiger partial charge < -0.3 is 0 Å². The molecule has 1 atom stereocenters. The van der Waals surface area contributed by atoms with Crippen LogP contribution >= 0.6 is 0 Å². The predicted octanol–water partition coefficient (Wildman–Crippen LogP) is 7.48. The van der Waals surface area contributed by atoms with Gasteiger partial charge in [0.2, 0.25) is 0 Å². The van der Waals surface area contributed by atoms with Crippen LogP contribution in [-0.2, 0) is 0 Å². The van der Waals surface area contributed by atoms with E-state index in [9.17, 15) is 8.78 Å². The first-order valence-corrected chi connectivity index (χ1v) is 9.45. The first-order chi connectivity index (χ1) is 12.6. The van der Waals surface area contributed by atoms with Crippen molar-refractivity contribution in [3.05, 3.63) is 77.4 Å². The maximum absolute atomic E-state index is 14.6. The lowest BCUT2D eigenvalue weighted by molar-refractivity contribution is 0.454. The minimum atomic E-state index is -0.301.